The van der Waals surface area contributed by atoms with Crippen LogP contribution in [0.5, 0.6) is 0 Å². The van der Waals surface area contributed by atoms with Gasteiger partial charge in [-0.1, -0.05) is 19.3 Å². The first-order chi connectivity index (χ1) is 12.6. The van der Waals surface area contributed by atoms with Crippen LogP contribution in [-0.2, 0) is 9.59 Å². The second kappa shape index (κ2) is 8.11. The lowest BCUT2D eigenvalue weighted by Crippen LogP contribution is -2.45. The van der Waals surface area contributed by atoms with Crippen molar-refractivity contribution in [2.24, 2.45) is 5.41 Å². The van der Waals surface area contributed by atoms with E-state index in [1.807, 2.05) is 24.3 Å². The van der Waals surface area contributed by atoms with Gasteiger partial charge in [0.05, 0.1) is 0 Å². The van der Waals surface area contributed by atoms with Crippen LogP contribution in [0, 0.1) is 5.41 Å². The van der Waals surface area contributed by atoms with Crippen molar-refractivity contribution in [3.05, 3.63) is 24.3 Å². The van der Waals surface area contributed by atoms with Crippen LogP contribution in [0.2, 0.25) is 0 Å². The monoisotopic (exact) mass is 357 g/mol. The first kappa shape index (κ1) is 18.7. The van der Waals surface area contributed by atoms with Crippen LogP contribution in [0.15, 0.2) is 24.3 Å². The summed E-state index contributed by atoms with van der Waals surface area (Å²) in [6.07, 6.45) is 6.96. The van der Waals surface area contributed by atoms with E-state index >= 15 is 0 Å². The third-order valence-electron chi connectivity index (χ3n) is 5.81. The fourth-order valence-corrected chi connectivity index (χ4v) is 3.85. The minimum atomic E-state index is -0.852. The number of rotatable bonds is 7. The molecule has 26 heavy (non-hydrogen) atoms. The molecule has 0 radical (unpaired) electrons. The fourth-order valence-electron chi connectivity index (χ4n) is 3.85. The molecule has 2 N–H and O–H groups in total. The SMILES string of the molecule is CCN(CC)c1ccc(NC(=O)C2(C(=O)NC3CCCCC3)CC2)cc1. The minimum Gasteiger partial charge on any atom is -0.372 e. The van der Waals surface area contributed by atoms with Crippen molar-refractivity contribution in [2.75, 3.05) is 23.3 Å². The Kier molecular flexibility index (Phi) is 5.84. The number of nitrogens with one attached hydrogen (secondary N) is 2. The molecule has 2 amide bonds. The Bertz CT molecular complexity index is 627. The lowest BCUT2D eigenvalue weighted by molar-refractivity contribution is -0.135. The van der Waals surface area contributed by atoms with Crippen molar-refractivity contribution < 1.29 is 9.59 Å². The van der Waals surface area contributed by atoms with Crippen molar-refractivity contribution >= 4 is 23.2 Å². The molecule has 0 aliphatic heterocycles. The van der Waals surface area contributed by atoms with E-state index in [-0.39, 0.29) is 17.9 Å². The molecule has 5 nitrogen and oxygen atoms in total. The lowest BCUT2D eigenvalue weighted by atomic mass is 9.94. The summed E-state index contributed by atoms with van der Waals surface area (Å²) in [6.45, 7) is 6.15. The Morgan fingerprint density at radius 2 is 1.62 bits per heavy atom. The molecular formula is C21H31N3O2. The topological polar surface area (TPSA) is 61.4 Å². The first-order valence-corrected chi connectivity index (χ1v) is 10.1. The maximum absolute atomic E-state index is 12.7. The molecule has 5 heteroatoms. The zero-order chi connectivity index (χ0) is 18.6. The van der Waals surface area contributed by atoms with Crippen molar-refractivity contribution in [1.82, 2.24) is 5.32 Å². The van der Waals surface area contributed by atoms with Crippen LogP contribution in [0.1, 0.15) is 58.8 Å². The molecular weight excluding hydrogens is 326 g/mol. The average Bonchev–Trinajstić information content (AvgIpc) is 3.47. The van der Waals surface area contributed by atoms with Crippen LogP contribution < -0.4 is 15.5 Å². The third kappa shape index (κ3) is 4.02. The number of hydrogen-bond acceptors (Lipinski definition) is 3. The molecule has 0 atom stereocenters. The summed E-state index contributed by atoms with van der Waals surface area (Å²) in [4.78, 5) is 27.7. The highest BCUT2D eigenvalue weighted by Crippen LogP contribution is 2.47. The van der Waals surface area contributed by atoms with E-state index in [0.29, 0.717) is 12.8 Å². The van der Waals surface area contributed by atoms with Crippen molar-refractivity contribution in [3.63, 3.8) is 0 Å². The van der Waals surface area contributed by atoms with Gasteiger partial charge in [0.15, 0.2) is 0 Å². The standard InChI is InChI=1S/C21H31N3O2/c1-3-24(4-2)18-12-10-17(11-13-18)23-20(26)21(14-15-21)19(25)22-16-8-6-5-7-9-16/h10-13,16H,3-9,14-15H2,1-2H3,(H,22,25)(H,23,26). The van der Waals surface area contributed by atoms with Gasteiger partial charge in [0.2, 0.25) is 11.8 Å². The van der Waals surface area contributed by atoms with Crippen LogP contribution >= 0.6 is 0 Å². The van der Waals surface area contributed by atoms with Gasteiger partial charge in [-0.3, -0.25) is 9.59 Å². The highest BCUT2D eigenvalue weighted by molar-refractivity contribution is 6.13. The van der Waals surface area contributed by atoms with E-state index in [1.54, 1.807) is 0 Å². The smallest absolute Gasteiger partial charge is 0.240 e. The first-order valence-electron chi connectivity index (χ1n) is 10.1. The number of carbonyl (C=O) groups excluding carboxylic acids is 2. The zero-order valence-electron chi connectivity index (χ0n) is 16.0. The van der Waals surface area contributed by atoms with Crippen molar-refractivity contribution in [3.8, 4) is 0 Å². The summed E-state index contributed by atoms with van der Waals surface area (Å²) in [5.74, 6) is -0.247. The summed E-state index contributed by atoms with van der Waals surface area (Å²) in [7, 11) is 0. The second-order valence-electron chi connectivity index (χ2n) is 7.56. The summed E-state index contributed by atoms with van der Waals surface area (Å²) in [6, 6.07) is 8.12. The Morgan fingerprint density at radius 3 is 2.15 bits per heavy atom. The molecule has 0 saturated heterocycles. The van der Waals surface area contributed by atoms with E-state index in [9.17, 15) is 9.59 Å². The Morgan fingerprint density at radius 1 is 1.00 bits per heavy atom. The number of nitrogens with zero attached hydrogens (tertiary/aromatic N) is 1. The maximum atomic E-state index is 12.7. The molecule has 0 aromatic heterocycles. The lowest BCUT2D eigenvalue weighted by Gasteiger charge is -2.25. The van der Waals surface area contributed by atoms with Gasteiger partial charge in [0.25, 0.3) is 0 Å². The maximum Gasteiger partial charge on any atom is 0.240 e. The highest BCUT2D eigenvalue weighted by atomic mass is 16.2. The molecule has 2 aliphatic carbocycles. The molecule has 0 bridgehead atoms. The molecule has 3 rings (SSSR count). The number of amides is 2. The summed E-state index contributed by atoms with van der Waals surface area (Å²) < 4.78 is 0. The van der Waals surface area contributed by atoms with E-state index in [4.69, 9.17) is 0 Å². The van der Waals surface area contributed by atoms with Gasteiger partial charge in [-0.15, -0.1) is 0 Å². The summed E-state index contributed by atoms with van der Waals surface area (Å²) in [5.41, 5.74) is 1.04. The fraction of sp³-hybridized carbons (Fsp3) is 0.619. The summed E-state index contributed by atoms with van der Waals surface area (Å²) >= 11 is 0. The van der Waals surface area contributed by atoms with Crippen molar-refractivity contribution in [1.29, 1.82) is 0 Å². The second-order valence-corrected chi connectivity index (χ2v) is 7.56. The molecule has 2 fully saturated rings. The van der Waals surface area contributed by atoms with E-state index in [0.717, 1.165) is 37.3 Å². The third-order valence-corrected chi connectivity index (χ3v) is 5.81. The van der Waals surface area contributed by atoms with E-state index < -0.39 is 5.41 Å². The number of hydrogen-bond donors (Lipinski definition) is 2. The molecule has 0 spiro atoms. The van der Waals surface area contributed by atoms with Gasteiger partial charge >= 0.3 is 0 Å². The Balaban J connectivity index is 1.59. The molecule has 1 aromatic carbocycles. The van der Waals surface area contributed by atoms with E-state index in [1.165, 1.54) is 19.3 Å². The molecule has 0 unspecified atom stereocenters. The van der Waals surface area contributed by atoms with Gasteiger partial charge < -0.3 is 15.5 Å². The quantitative estimate of drug-likeness (QED) is 0.732. The average molecular weight is 357 g/mol. The van der Waals surface area contributed by atoms with Crippen LogP contribution in [0.4, 0.5) is 11.4 Å². The molecule has 0 heterocycles. The largest absolute Gasteiger partial charge is 0.372 e. The predicted molar refractivity (Wildman–Crippen MR) is 105 cm³/mol. The van der Waals surface area contributed by atoms with Gasteiger partial charge in [-0.2, -0.15) is 0 Å². The summed E-state index contributed by atoms with van der Waals surface area (Å²) in [5, 5.41) is 6.07. The predicted octanol–water partition coefficient (Wildman–Crippen LogP) is 3.70. The van der Waals surface area contributed by atoms with Gasteiger partial charge in [-0.05, 0) is 63.8 Å². The van der Waals surface area contributed by atoms with Gasteiger partial charge in [-0.25, -0.2) is 0 Å². The Hall–Kier alpha value is -2.04. The molecule has 142 valence electrons. The number of benzene rings is 1. The van der Waals surface area contributed by atoms with Crippen LogP contribution in [0.25, 0.3) is 0 Å². The molecule has 2 saturated carbocycles. The Labute approximate surface area is 156 Å². The number of carbonyl (C=O) groups is 2. The number of anilines is 2. The normalized spacial score (nSPS) is 18.8. The van der Waals surface area contributed by atoms with Gasteiger partial charge in [0.1, 0.15) is 5.41 Å². The molecule has 1 aromatic rings. The van der Waals surface area contributed by atoms with Gasteiger partial charge in [0, 0.05) is 30.5 Å². The van der Waals surface area contributed by atoms with Crippen LogP contribution in [0.3, 0.4) is 0 Å². The molecule has 2 aliphatic rings. The highest BCUT2D eigenvalue weighted by Gasteiger charge is 2.56. The van der Waals surface area contributed by atoms with E-state index in [2.05, 4.69) is 29.4 Å². The zero-order valence-corrected chi connectivity index (χ0v) is 16.0. The van der Waals surface area contributed by atoms with Crippen molar-refractivity contribution in [2.45, 2.75) is 64.8 Å². The van der Waals surface area contributed by atoms with Crippen LogP contribution in [-0.4, -0.2) is 30.9 Å². The minimum absolute atomic E-state index is 0.0818.